The zero-order valence-corrected chi connectivity index (χ0v) is 14.1. The third-order valence-electron chi connectivity index (χ3n) is 5.24. The van der Waals surface area contributed by atoms with Gasteiger partial charge in [-0.2, -0.15) is 0 Å². The molecule has 1 N–H and O–H groups in total. The smallest absolute Gasteiger partial charge is 0.222 e. The van der Waals surface area contributed by atoms with Crippen molar-refractivity contribution in [1.29, 1.82) is 0 Å². The number of ether oxygens (including phenoxy) is 2. The summed E-state index contributed by atoms with van der Waals surface area (Å²) in [6, 6.07) is 6.08. The number of nitrogens with one attached hydrogen (secondary N) is 1. The number of nitrogens with zero attached hydrogens (tertiary/aromatic N) is 1. The molecule has 0 saturated carbocycles. The van der Waals surface area contributed by atoms with E-state index in [0.717, 1.165) is 50.1 Å². The van der Waals surface area contributed by atoms with Crippen molar-refractivity contribution in [3.05, 3.63) is 29.5 Å². The number of aromatic amines is 1. The Morgan fingerprint density at radius 1 is 1.46 bits per heavy atom. The van der Waals surface area contributed by atoms with E-state index in [1.807, 2.05) is 11.0 Å². The normalized spacial score (nSPS) is 20.4. The first-order chi connectivity index (χ1) is 11.7. The predicted octanol–water partition coefficient (Wildman–Crippen LogP) is 3.02. The number of rotatable bonds is 4. The van der Waals surface area contributed by atoms with Gasteiger partial charge in [-0.15, -0.1) is 0 Å². The van der Waals surface area contributed by atoms with Gasteiger partial charge in [0.05, 0.1) is 13.2 Å². The fraction of sp³-hybridized carbons (Fsp3) is 0.526. The van der Waals surface area contributed by atoms with Gasteiger partial charge in [-0.05, 0) is 37.5 Å². The van der Waals surface area contributed by atoms with Crippen LogP contribution in [0.2, 0.25) is 0 Å². The molecule has 0 aliphatic carbocycles. The van der Waals surface area contributed by atoms with Crippen molar-refractivity contribution in [2.24, 2.45) is 0 Å². The minimum absolute atomic E-state index is 0.244. The molecule has 4 rings (SSSR count). The third kappa shape index (κ3) is 2.88. The van der Waals surface area contributed by atoms with Crippen LogP contribution in [-0.4, -0.2) is 42.2 Å². The second kappa shape index (κ2) is 6.48. The molecule has 3 heterocycles. The number of carbonyl (C=O) groups excluding carboxylic acids is 1. The van der Waals surface area contributed by atoms with E-state index in [1.54, 1.807) is 7.11 Å². The van der Waals surface area contributed by atoms with E-state index in [1.165, 1.54) is 16.6 Å². The van der Waals surface area contributed by atoms with Crippen LogP contribution in [0.5, 0.6) is 5.75 Å². The highest BCUT2D eigenvalue weighted by molar-refractivity contribution is 5.87. The maximum Gasteiger partial charge on any atom is 0.222 e. The van der Waals surface area contributed by atoms with Gasteiger partial charge in [-0.1, -0.05) is 0 Å². The number of fused-ring (bicyclic) bond motifs is 3. The lowest BCUT2D eigenvalue weighted by molar-refractivity contribution is -0.132. The predicted molar refractivity (Wildman–Crippen MR) is 92.2 cm³/mol. The first kappa shape index (κ1) is 15.5. The van der Waals surface area contributed by atoms with E-state index in [2.05, 4.69) is 17.1 Å². The fourth-order valence-corrected chi connectivity index (χ4v) is 3.85. The van der Waals surface area contributed by atoms with Gasteiger partial charge in [0.1, 0.15) is 5.75 Å². The van der Waals surface area contributed by atoms with Gasteiger partial charge in [0.25, 0.3) is 0 Å². The topological polar surface area (TPSA) is 54.6 Å². The minimum atomic E-state index is 0.244. The lowest BCUT2D eigenvalue weighted by Crippen LogP contribution is -2.36. The summed E-state index contributed by atoms with van der Waals surface area (Å²) in [7, 11) is 1.68. The maximum absolute atomic E-state index is 12.6. The number of H-pyrrole nitrogens is 1. The molecule has 2 aliphatic heterocycles. The van der Waals surface area contributed by atoms with Gasteiger partial charge in [0.15, 0.2) is 0 Å². The zero-order chi connectivity index (χ0) is 16.5. The lowest BCUT2D eigenvalue weighted by Gasteiger charge is -2.27. The highest BCUT2D eigenvalue weighted by atomic mass is 16.5. The molecule has 5 heteroatoms. The van der Waals surface area contributed by atoms with Gasteiger partial charge in [-0.3, -0.25) is 4.79 Å². The molecule has 2 aromatic rings. The van der Waals surface area contributed by atoms with Crippen LogP contribution in [0.3, 0.4) is 0 Å². The molecule has 1 atom stereocenters. The Morgan fingerprint density at radius 2 is 2.38 bits per heavy atom. The SMILES string of the molecule is COc1ccc2[nH]c3c(c2c1)CN(C(=O)CCC1CCCO1)CC3. The van der Waals surface area contributed by atoms with Crippen LogP contribution in [0, 0.1) is 0 Å². The maximum atomic E-state index is 12.6. The summed E-state index contributed by atoms with van der Waals surface area (Å²) >= 11 is 0. The molecule has 1 amide bonds. The summed E-state index contributed by atoms with van der Waals surface area (Å²) in [5, 5.41) is 1.17. The quantitative estimate of drug-likeness (QED) is 0.938. The van der Waals surface area contributed by atoms with Crippen LogP contribution in [0.25, 0.3) is 10.9 Å². The number of carbonyl (C=O) groups is 1. The number of amides is 1. The Morgan fingerprint density at radius 3 is 3.17 bits per heavy atom. The van der Waals surface area contributed by atoms with Crippen molar-refractivity contribution in [3.63, 3.8) is 0 Å². The van der Waals surface area contributed by atoms with E-state index in [-0.39, 0.29) is 12.0 Å². The van der Waals surface area contributed by atoms with Crippen molar-refractivity contribution in [1.82, 2.24) is 9.88 Å². The number of aromatic nitrogens is 1. The first-order valence-electron chi connectivity index (χ1n) is 8.81. The second-order valence-electron chi connectivity index (χ2n) is 6.73. The Labute approximate surface area is 141 Å². The Hall–Kier alpha value is -2.01. The lowest BCUT2D eigenvalue weighted by atomic mass is 10.0. The highest BCUT2D eigenvalue weighted by Crippen LogP contribution is 2.31. The van der Waals surface area contributed by atoms with Gasteiger partial charge < -0.3 is 19.4 Å². The molecule has 1 fully saturated rings. The van der Waals surface area contributed by atoms with Gasteiger partial charge in [0, 0.05) is 54.7 Å². The second-order valence-corrected chi connectivity index (χ2v) is 6.73. The van der Waals surface area contributed by atoms with E-state index in [9.17, 15) is 4.79 Å². The van der Waals surface area contributed by atoms with Crippen LogP contribution in [0.4, 0.5) is 0 Å². The summed E-state index contributed by atoms with van der Waals surface area (Å²) in [4.78, 5) is 18.1. The molecule has 1 aromatic heterocycles. The standard InChI is InChI=1S/C19H24N2O3/c1-23-14-4-6-17-15(11-14)16-12-21(9-8-18(16)20-17)19(22)7-5-13-3-2-10-24-13/h4,6,11,13,20H,2-3,5,7-10,12H2,1H3. The molecule has 0 radical (unpaired) electrons. The Balaban J connectivity index is 1.48. The van der Waals surface area contributed by atoms with Crippen LogP contribution >= 0.6 is 0 Å². The van der Waals surface area contributed by atoms with E-state index in [4.69, 9.17) is 9.47 Å². The molecular weight excluding hydrogens is 304 g/mol. The van der Waals surface area contributed by atoms with Crippen LogP contribution in [0.15, 0.2) is 18.2 Å². The van der Waals surface area contributed by atoms with Crippen LogP contribution < -0.4 is 4.74 Å². The zero-order valence-electron chi connectivity index (χ0n) is 14.1. The van der Waals surface area contributed by atoms with E-state index in [0.29, 0.717) is 13.0 Å². The number of hydrogen-bond donors (Lipinski definition) is 1. The average Bonchev–Trinajstić information content (AvgIpc) is 3.26. The van der Waals surface area contributed by atoms with E-state index < -0.39 is 0 Å². The van der Waals surface area contributed by atoms with Crippen molar-refractivity contribution in [2.75, 3.05) is 20.3 Å². The third-order valence-corrected chi connectivity index (χ3v) is 5.24. The van der Waals surface area contributed by atoms with Gasteiger partial charge in [0.2, 0.25) is 5.91 Å². The van der Waals surface area contributed by atoms with Crippen LogP contribution in [0.1, 0.15) is 36.9 Å². The molecular formula is C19H24N2O3. The molecule has 2 aliphatic rings. The number of methoxy groups -OCH3 is 1. The molecule has 1 aromatic carbocycles. The Bertz CT molecular complexity index is 746. The van der Waals surface area contributed by atoms with Crippen LogP contribution in [-0.2, 0) is 22.5 Å². The summed E-state index contributed by atoms with van der Waals surface area (Å²) in [6.45, 7) is 2.33. The largest absolute Gasteiger partial charge is 0.497 e. The average molecular weight is 328 g/mol. The molecule has 5 nitrogen and oxygen atoms in total. The molecule has 24 heavy (non-hydrogen) atoms. The van der Waals surface area contributed by atoms with Crippen molar-refractivity contribution >= 4 is 16.8 Å². The van der Waals surface area contributed by atoms with Crippen molar-refractivity contribution < 1.29 is 14.3 Å². The molecule has 1 saturated heterocycles. The summed E-state index contributed by atoms with van der Waals surface area (Å²) in [6.07, 6.45) is 4.84. The van der Waals surface area contributed by atoms with Gasteiger partial charge in [-0.25, -0.2) is 0 Å². The molecule has 128 valence electrons. The number of benzene rings is 1. The van der Waals surface area contributed by atoms with E-state index >= 15 is 0 Å². The summed E-state index contributed by atoms with van der Waals surface area (Å²) in [5.41, 5.74) is 3.61. The monoisotopic (exact) mass is 328 g/mol. The minimum Gasteiger partial charge on any atom is -0.497 e. The Kier molecular flexibility index (Phi) is 4.19. The van der Waals surface area contributed by atoms with Crippen molar-refractivity contribution in [2.45, 2.75) is 44.8 Å². The fourth-order valence-electron chi connectivity index (χ4n) is 3.85. The summed E-state index contributed by atoms with van der Waals surface area (Å²) < 4.78 is 11.0. The summed E-state index contributed by atoms with van der Waals surface area (Å²) in [5.74, 6) is 1.10. The molecule has 1 unspecified atom stereocenters. The number of hydrogen-bond acceptors (Lipinski definition) is 3. The van der Waals surface area contributed by atoms with Crippen molar-refractivity contribution in [3.8, 4) is 5.75 Å². The first-order valence-corrected chi connectivity index (χ1v) is 8.81. The highest BCUT2D eigenvalue weighted by Gasteiger charge is 2.25. The molecule has 0 spiro atoms. The van der Waals surface area contributed by atoms with Gasteiger partial charge >= 0.3 is 0 Å². The molecule has 0 bridgehead atoms.